The van der Waals surface area contributed by atoms with Gasteiger partial charge in [-0.15, -0.1) is 10.2 Å². The molecule has 1 unspecified atom stereocenters. The Hall–Kier alpha value is -1.69. The van der Waals surface area contributed by atoms with E-state index in [9.17, 15) is 0 Å². The highest BCUT2D eigenvalue weighted by molar-refractivity contribution is 5.61. The van der Waals surface area contributed by atoms with Crippen molar-refractivity contribution >= 4 is 11.5 Å². The third-order valence-electron chi connectivity index (χ3n) is 2.35. The van der Waals surface area contributed by atoms with Crippen LogP contribution < -0.4 is 5.32 Å². The summed E-state index contributed by atoms with van der Waals surface area (Å²) in [6.07, 6.45) is 3.89. The van der Waals surface area contributed by atoms with Crippen molar-refractivity contribution in [1.29, 1.82) is 0 Å². The minimum Gasteiger partial charge on any atom is -0.393 e. The van der Waals surface area contributed by atoms with Crippen molar-refractivity contribution in [2.45, 2.75) is 26.4 Å². The summed E-state index contributed by atoms with van der Waals surface area (Å²) < 4.78 is 1.87. The quantitative estimate of drug-likeness (QED) is 0.791. The number of hydrogen-bond donors (Lipinski definition) is 2. The fourth-order valence-electron chi connectivity index (χ4n) is 1.47. The summed E-state index contributed by atoms with van der Waals surface area (Å²) in [5.74, 6) is 1.53. The SMILES string of the molecule is Cc1nnc2c(NCCC(C)O)nccn12. The van der Waals surface area contributed by atoms with Crippen LogP contribution in [0.25, 0.3) is 5.65 Å². The van der Waals surface area contributed by atoms with Gasteiger partial charge in [0.25, 0.3) is 0 Å². The Labute approximate surface area is 93.3 Å². The van der Waals surface area contributed by atoms with E-state index in [1.165, 1.54) is 0 Å². The Kier molecular flexibility index (Phi) is 3.00. The highest BCUT2D eigenvalue weighted by atomic mass is 16.3. The van der Waals surface area contributed by atoms with Crippen LogP contribution in [0, 0.1) is 6.92 Å². The first-order chi connectivity index (χ1) is 7.68. The number of hydrogen-bond acceptors (Lipinski definition) is 5. The van der Waals surface area contributed by atoms with E-state index in [2.05, 4.69) is 20.5 Å². The van der Waals surface area contributed by atoms with Gasteiger partial charge in [0.1, 0.15) is 5.82 Å². The van der Waals surface area contributed by atoms with Crippen LogP contribution in [-0.4, -0.2) is 37.3 Å². The minimum absolute atomic E-state index is 0.313. The average molecular weight is 221 g/mol. The van der Waals surface area contributed by atoms with Gasteiger partial charge in [0.05, 0.1) is 6.10 Å². The van der Waals surface area contributed by atoms with Crippen molar-refractivity contribution in [3.8, 4) is 0 Å². The van der Waals surface area contributed by atoms with Crippen LogP contribution in [0.4, 0.5) is 5.82 Å². The van der Waals surface area contributed by atoms with E-state index in [0.29, 0.717) is 24.4 Å². The van der Waals surface area contributed by atoms with E-state index < -0.39 is 0 Å². The molecule has 0 saturated heterocycles. The van der Waals surface area contributed by atoms with Gasteiger partial charge < -0.3 is 10.4 Å². The van der Waals surface area contributed by atoms with E-state index >= 15 is 0 Å². The number of anilines is 1. The molecule has 0 amide bonds. The van der Waals surface area contributed by atoms with Crippen LogP contribution in [0.1, 0.15) is 19.2 Å². The van der Waals surface area contributed by atoms with Crippen LogP contribution in [0.15, 0.2) is 12.4 Å². The van der Waals surface area contributed by atoms with Gasteiger partial charge in [0, 0.05) is 18.9 Å². The monoisotopic (exact) mass is 221 g/mol. The van der Waals surface area contributed by atoms with Crippen LogP contribution >= 0.6 is 0 Å². The molecule has 2 heterocycles. The van der Waals surface area contributed by atoms with Crippen molar-refractivity contribution in [2.75, 3.05) is 11.9 Å². The Bertz CT molecular complexity index is 479. The highest BCUT2D eigenvalue weighted by Gasteiger charge is 2.06. The lowest BCUT2D eigenvalue weighted by molar-refractivity contribution is 0.188. The molecule has 0 radical (unpaired) electrons. The van der Waals surface area contributed by atoms with Crippen molar-refractivity contribution in [3.05, 3.63) is 18.2 Å². The summed E-state index contributed by atoms with van der Waals surface area (Å²) in [5.41, 5.74) is 0.714. The average Bonchev–Trinajstić information content (AvgIpc) is 2.61. The molecule has 0 spiro atoms. The number of aryl methyl sites for hydroxylation is 1. The number of rotatable bonds is 4. The molecule has 0 aliphatic heterocycles. The first-order valence-electron chi connectivity index (χ1n) is 5.27. The van der Waals surface area contributed by atoms with Gasteiger partial charge in [-0.25, -0.2) is 4.98 Å². The number of aromatic nitrogens is 4. The molecule has 6 heteroatoms. The van der Waals surface area contributed by atoms with Crippen molar-refractivity contribution in [3.63, 3.8) is 0 Å². The number of aliphatic hydroxyl groups is 1. The van der Waals surface area contributed by atoms with Crippen LogP contribution in [0.3, 0.4) is 0 Å². The normalized spacial score (nSPS) is 12.9. The van der Waals surface area contributed by atoms with Crippen LogP contribution in [0.5, 0.6) is 0 Å². The maximum absolute atomic E-state index is 9.15. The third kappa shape index (κ3) is 2.11. The molecule has 2 aromatic rings. The predicted octanol–water partition coefficient (Wildman–Crippen LogP) is 0.616. The molecule has 0 aromatic carbocycles. The highest BCUT2D eigenvalue weighted by Crippen LogP contribution is 2.11. The van der Waals surface area contributed by atoms with Crippen molar-refractivity contribution < 1.29 is 5.11 Å². The van der Waals surface area contributed by atoms with Gasteiger partial charge in [0.2, 0.25) is 5.65 Å². The van der Waals surface area contributed by atoms with E-state index in [-0.39, 0.29) is 6.10 Å². The lowest BCUT2D eigenvalue weighted by Crippen LogP contribution is -2.11. The zero-order valence-corrected chi connectivity index (χ0v) is 9.38. The van der Waals surface area contributed by atoms with Crippen molar-refractivity contribution in [2.24, 2.45) is 0 Å². The summed E-state index contributed by atoms with van der Waals surface area (Å²) in [6, 6.07) is 0. The van der Waals surface area contributed by atoms with E-state index in [4.69, 9.17) is 5.11 Å². The molecule has 86 valence electrons. The molecule has 16 heavy (non-hydrogen) atoms. The van der Waals surface area contributed by atoms with Gasteiger partial charge in [-0.2, -0.15) is 0 Å². The van der Waals surface area contributed by atoms with Crippen molar-refractivity contribution in [1.82, 2.24) is 19.6 Å². The molecule has 0 bridgehead atoms. The summed E-state index contributed by atoms with van der Waals surface area (Å²) in [5, 5.41) is 20.3. The summed E-state index contributed by atoms with van der Waals surface area (Å²) in [6.45, 7) is 4.31. The minimum atomic E-state index is -0.313. The smallest absolute Gasteiger partial charge is 0.203 e. The lowest BCUT2D eigenvalue weighted by atomic mass is 10.3. The van der Waals surface area contributed by atoms with Crippen LogP contribution in [0.2, 0.25) is 0 Å². The third-order valence-corrected chi connectivity index (χ3v) is 2.35. The Balaban J connectivity index is 2.17. The fraction of sp³-hybridized carbons (Fsp3) is 0.500. The molecule has 1 atom stereocenters. The summed E-state index contributed by atoms with van der Waals surface area (Å²) in [4.78, 5) is 4.20. The van der Waals surface area contributed by atoms with E-state index in [1.54, 1.807) is 13.1 Å². The van der Waals surface area contributed by atoms with Gasteiger partial charge in [0.15, 0.2) is 5.82 Å². The maximum Gasteiger partial charge on any atom is 0.203 e. The molecule has 0 aliphatic carbocycles. The molecule has 0 aliphatic rings. The van der Waals surface area contributed by atoms with Gasteiger partial charge >= 0.3 is 0 Å². The molecule has 2 rings (SSSR count). The topological polar surface area (TPSA) is 75.3 Å². The predicted molar refractivity (Wildman–Crippen MR) is 60.3 cm³/mol. The van der Waals surface area contributed by atoms with E-state index in [1.807, 2.05) is 17.5 Å². The maximum atomic E-state index is 9.15. The molecule has 6 nitrogen and oxygen atoms in total. The van der Waals surface area contributed by atoms with Gasteiger partial charge in [-0.05, 0) is 20.3 Å². The Morgan fingerprint density at radius 2 is 2.31 bits per heavy atom. The molecule has 2 N–H and O–H groups in total. The second-order valence-corrected chi connectivity index (χ2v) is 3.78. The largest absolute Gasteiger partial charge is 0.393 e. The fourth-order valence-corrected chi connectivity index (χ4v) is 1.47. The number of fused-ring (bicyclic) bond motifs is 1. The standard InChI is InChI=1S/C10H15N5O/c1-7(16)3-4-11-9-10-14-13-8(2)15(10)6-5-12-9/h5-7,16H,3-4H2,1-2H3,(H,11,12). The summed E-state index contributed by atoms with van der Waals surface area (Å²) >= 11 is 0. The lowest BCUT2D eigenvalue weighted by Gasteiger charge is -2.07. The molecule has 0 saturated carbocycles. The van der Waals surface area contributed by atoms with Gasteiger partial charge in [-0.3, -0.25) is 4.40 Å². The summed E-state index contributed by atoms with van der Waals surface area (Å²) in [7, 11) is 0. The second-order valence-electron chi connectivity index (χ2n) is 3.78. The first kappa shape index (κ1) is 10.8. The molecule has 2 aromatic heterocycles. The Morgan fingerprint density at radius 3 is 3.06 bits per heavy atom. The molecule has 0 fully saturated rings. The zero-order valence-electron chi connectivity index (χ0n) is 9.38. The zero-order chi connectivity index (χ0) is 11.5. The second kappa shape index (κ2) is 4.44. The molecular formula is C10H15N5O. The van der Waals surface area contributed by atoms with E-state index in [0.717, 1.165) is 5.82 Å². The van der Waals surface area contributed by atoms with Crippen LogP contribution in [-0.2, 0) is 0 Å². The number of nitrogens with one attached hydrogen (secondary N) is 1. The van der Waals surface area contributed by atoms with Gasteiger partial charge in [-0.1, -0.05) is 0 Å². The number of aliphatic hydroxyl groups excluding tert-OH is 1. The Morgan fingerprint density at radius 1 is 1.50 bits per heavy atom. The number of nitrogens with zero attached hydrogens (tertiary/aromatic N) is 4. The molecular weight excluding hydrogens is 206 g/mol. The first-order valence-corrected chi connectivity index (χ1v) is 5.27.